The quantitative estimate of drug-likeness (QED) is 0.390. The Bertz CT molecular complexity index is 86.2. The molecule has 0 saturated heterocycles. The van der Waals surface area contributed by atoms with Gasteiger partial charge in [-0.15, -0.1) is 0 Å². The number of hydrogen-bond acceptors (Lipinski definition) is 0. The van der Waals surface area contributed by atoms with E-state index < -0.39 is 6.43 Å². The topological polar surface area (TPSA) is 0 Å². The van der Waals surface area contributed by atoms with Crippen molar-refractivity contribution in [2.24, 2.45) is 0 Å². The molecule has 0 N–H and O–H groups in total. The molecule has 0 aliphatic rings. The van der Waals surface area contributed by atoms with Crippen LogP contribution < -0.4 is 0 Å². The van der Waals surface area contributed by atoms with Crippen molar-refractivity contribution in [2.75, 3.05) is 0 Å². The van der Waals surface area contributed by atoms with Crippen LogP contribution in [-0.4, -0.2) is 10.4 Å². The Hall–Kier alpha value is 0.590. The summed E-state index contributed by atoms with van der Waals surface area (Å²) in [4.78, 5) is 0. The predicted octanol–water partition coefficient (Wildman–Crippen LogP) is 4.03. The Kier molecular flexibility index (Phi) is 7.64. The third-order valence-corrected chi connectivity index (χ3v) is 2.69. The van der Waals surface area contributed by atoms with Crippen LogP contribution in [0.1, 0.15) is 39.0 Å². The van der Waals surface area contributed by atoms with Crippen LogP contribution in [0, 0.1) is 0 Å². The minimum Gasteiger partial charge on any atom is -0.210 e. The van der Waals surface area contributed by atoms with Crippen LogP contribution in [-0.2, 0) is 0 Å². The predicted molar refractivity (Wildman–Crippen MR) is 52.6 cm³/mol. The zero-order valence-corrected chi connectivity index (χ0v) is 8.98. The van der Waals surface area contributed by atoms with Crippen molar-refractivity contribution in [3.8, 4) is 0 Å². The van der Waals surface area contributed by atoms with Gasteiger partial charge in [-0.05, 0) is 6.42 Å². The molecule has 0 saturated carbocycles. The molecule has 0 bridgehead atoms. The summed E-state index contributed by atoms with van der Waals surface area (Å²) in [5.41, 5.74) is 0. The van der Waals surface area contributed by atoms with Gasteiger partial charge in [-0.1, -0.05) is 48.8 Å². The average molecular weight is 276 g/mol. The summed E-state index contributed by atoms with van der Waals surface area (Å²) in [5, 5.41) is 0. The molecule has 0 rings (SSSR count). The van der Waals surface area contributed by atoms with Crippen molar-refractivity contribution in [3.05, 3.63) is 0 Å². The monoisotopic (exact) mass is 276 g/mol. The largest absolute Gasteiger partial charge is 0.239 e. The highest BCUT2D eigenvalue weighted by molar-refractivity contribution is 14.1. The van der Waals surface area contributed by atoms with E-state index in [1.54, 1.807) is 0 Å². The first-order chi connectivity index (χ1) is 5.16. The molecule has 0 amide bonds. The van der Waals surface area contributed by atoms with Gasteiger partial charge in [0.2, 0.25) is 6.43 Å². The molecule has 0 aromatic carbocycles. The molecule has 68 valence electrons. The molecule has 0 radical (unpaired) electrons. The van der Waals surface area contributed by atoms with Crippen LogP contribution in [0.3, 0.4) is 0 Å². The van der Waals surface area contributed by atoms with Gasteiger partial charge in [0.15, 0.2) is 0 Å². The highest BCUT2D eigenvalue weighted by Gasteiger charge is 2.10. The summed E-state index contributed by atoms with van der Waals surface area (Å²) in [6.45, 7) is 2.12. The number of unbranched alkanes of at least 4 members (excludes halogenated alkanes) is 2. The molecule has 0 aromatic rings. The van der Waals surface area contributed by atoms with Gasteiger partial charge < -0.3 is 0 Å². The van der Waals surface area contributed by atoms with Gasteiger partial charge in [-0.2, -0.15) is 0 Å². The maximum absolute atomic E-state index is 11.8. The Balaban J connectivity index is 3.15. The van der Waals surface area contributed by atoms with E-state index in [1.807, 2.05) is 0 Å². The fourth-order valence-electron chi connectivity index (χ4n) is 0.927. The van der Waals surface area contributed by atoms with Crippen molar-refractivity contribution in [2.45, 2.75) is 49.4 Å². The Morgan fingerprint density at radius 2 is 1.91 bits per heavy atom. The molecule has 0 spiro atoms. The highest BCUT2D eigenvalue weighted by atomic mass is 127. The number of rotatable bonds is 6. The molecule has 1 unspecified atom stereocenters. The van der Waals surface area contributed by atoms with Gasteiger partial charge in [0.1, 0.15) is 0 Å². The summed E-state index contributed by atoms with van der Waals surface area (Å²) >= 11 is 2.12. The lowest BCUT2D eigenvalue weighted by molar-refractivity contribution is 0.137. The fraction of sp³-hybridized carbons (Fsp3) is 1.00. The van der Waals surface area contributed by atoms with Gasteiger partial charge in [0.25, 0.3) is 0 Å². The second kappa shape index (κ2) is 7.25. The maximum Gasteiger partial charge on any atom is 0.239 e. The van der Waals surface area contributed by atoms with Gasteiger partial charge in [0.05, 0.1) is 0 Å². The van der Waals surface area contributed by atoms with E-state index in [1.165, 1.54) is 6.42 Å². The number of hydrogen-bond donors (Lipinski definition) is 0. The summed E-state index contributed by atoms with van der Waals surface area (Å²) < 4.78 is 23.7. The molecule has 0 fully saturated rings. The normalized spacial score (nSPS) is 13.9. The molecule has 0 aromatic heterocycles. The number of halogens is 3. The molecular weight excluding hydrogens is 261 g/mol. The first-order valence-electron chi connectivity index (χ1n) is 4.09. The molecule has 0 heterocycles. The Morgan fingerprint density at radius 3 is 2.36 bits per heavy atom. The van der Waals surface area contributed by atoms with E-state index in [0.29, 0.717) is 0 Å². The average Bonchev–Trinajstić information content (AvgIpc) is 1.86. The van der Waals surface area contributed by atoms with Gasteiger partial charge in [-0.3, -0.25) is 0 Å². The van der Waals surface area contributed by atoms with Gasteiger partial charge in [0, 0.05) is 10.3 Å². The lowest BCUT2D eigenvalue weighted by Crippen LogP contribution is -2.03. The maximum atomic E-state index is 11.8. The molecule has 0 nitrogen and oxygen atoms in total. The van der Waals surface area contributed by atoms with Gasteiger partial charge >= 0.3 is 0 Å². The van der Waals surface area contributed by atoms with Crippen LogP contribution in [0.5, 0.6) is 0 Å². The van der Waals surface area contributed by atoms with Gasteiger partial charge in [-0.25, -0.2) is 8.78 Å². The molecule has 3 heteroatoms. The van der Waals surface area contributed by atoms with Crippen molar-refractivity contribution in [1.29, 1.82) is 0 Å². The van der Waals surface area contributed by atoms with Crippen LogP contribution in [0.25, 0.3) is 0 Å². The lowest BCUT2D eigenvalue weighted by atomic mass is 10.1. The van der Waals surface area contributed by atoms with Crippen molar-refractivity contribution >= 4 is 22.6 Å². The van der Waals surface area contributed by atoms with E-state index in [-0.39, 0.29) is 10.3 Å². The zero-order valence-electron chi connectivity index (χ0n) is 6.82. The Labute approximate surface area is 80.9 Å². The molecular formula is C8H15F2I. The van der Waals surface area contributed by atoms with Crippen LogP contribution in [0.15, 0.2) is 0 Å². The minimum absolute atomic E-state index is 0.0598. The molecule has 11 heavy (non-hydrogen) atoms. The van der Waals surface area contributed by atoms with E-state index >= 15 is 0 Å². The second-order valence-corrected chi connectivity index (χ2v) is 4.48. The highest BCUT2D eigenvalue weighted by Crippen LogP contribution is 2.18. The number of alkyl halides is 3. The van der Waals surface area contributed by atoms with Crippen molar-refractivity contribution in [3.63, 3.8) is 0 Å². The summed E-state index contributed by atoms with van der Waals surface area (Å²) in [6.07, 6.45) is 2.30. The van der Waals surface area contributed by atoms with E-state index in [4.69, 9.17) is 0 Å². The first-order valence-corrected chi connectivity index (χ1v) is 5.33. The minimum atomic E-state index is -2.13. The third kappa shape index (κ3) is 8.50. The molecule has 0 aliphatic heterocycles. The standard InChI is InChI=1S/C8H15F2I/c1-2-3-4-5-7(11)6-8(9)10/h7-8H,2-6H2,1H3. The van der Waals surface area contributed by atoms with E-state index in [2.05, 4.69) is 29.5 Å². The first kappa shape index (κ1) is 11.6. The SMILES string of the molecule is CCCCCC(I)CC(F)F. The summed E-state index contributed by atoms with van der Waals surface area (Å²) in [7, 11) is 0. The molecule has 0 aliphatic carbocycles. The van der Waals surface area contributed by atoms with E-state index in [9.17, 15) is 8.78 Å². The summed E-state index contributed by atoms with van der Waals surface area (Å²) in [5.74, 6) is 0. The third-order valence-electron chi connectivity index (χ3n) is 1.55. The second-order valence-electron chi connectivity index (χ2n) is 2.72. The van der Waals surface area contributed by atoms with Crippen LogP contribution in [0.2, 0.25) is 0 Å². The lowest BCUT2D eigenvalue weighted by Gasteiger charge is -2.07. The fourth-order valence-corrected chi connectivity index (χ4v) is 1.75. The summed E-state index contributed by atoms with van der Waals surface area (Å²) in [6, 6.07) is 0. The van der Waals surface area contributed by atoms with Crippen molar-refractivity contribution in [1.82, 2.24) is 0 Å². The zero-order chi connectivity index (χ0) is 8.69. The Morgan fingerprint density at radius 1 is 1.27 bits per heavy atom. The van der Waals surface area contributed by atoms with E-state index in [0.717, 1.165) is 19.3 Å². The smallest absolute Gasteiger partial charge is 0.210 e. The van der Waals surface area contributed by atoms with Crippen molar-refractivity contribution < 1.29 is 8.78 Å². The molecule has 1 atom stereocenters. The van der Waals surface area contributed by atoms with Crippen LogP contribution in [0.4, 0.5) is 8.78 Å². The van der Waals surface area contributed by atoms with Crippen LogP contribution >= 0.6 is 22.6 Å².